The van der Waals surface area contributed by atoms with Gasteiger partial charge in [0.15, 0.2) is 0 Å². The van der Waals surface area contributed by atoms with Gasteiger partial charge in [-0.2, -0.15) is 0 Å². The van der Waals surface area contributed by atoms with Crippen LogP contribution in [0.15, 0.2) is 72.7 Å². The molecule has 3 amide bonds. The number of nitrogens with zero attached hydrogens (tertiary/aromatic N) is 2. The number of imide groups is 1. The predicted molar refractivity (Wildman–Crippen MR) is 127 cm³/mol. The largest absolute Gasteiger partial charge is 0.350 e. The number of amides is 3. The van der Waals surface area contributed by atoms with Crippen molar-refractivity contribution in [1.82, 2.24) is 9.88 Å². The van der Waals surface area contributed by atoms with Crippen LogP contribution in [-0.4, -0.2) is 27.6 Å². The lowest BCUT2D eigenvalue weighted by molar-refractivity contribution is -0.137. The number of nitrogens with one attached hydrogen (secondary N) is 2. The van der Waals surface area contributed by atoms with Gasteiger partial charge in [-0.1, -0.05) is 29.8 Å². The molecule has 2 heterocycles. The number of aromatic nitrogens is 1. The second kappa shape index (κ2) is 9.08. The number of rotatable bonds is 6. The van der Waals surface area contributed by atoms with Gasteiger partial charge in [0, 0.05) is 30.7 Å². The Balaban J connectivity index is 1.74. The molecule has 1 aromatic heterocycles. The summed E-state index contributed by atoms with van der Waals surface area (Å²) in [6.45, 7) is 5.52. The maximum absolute atomic E-state index is 13.4. The summed E-state index contributed by atoms with van der Waals surface area (Å²) in [5.41, 5.74) is 5.36. The van der Waals surface area contributed by atoms with E-state index in [2.05, 4.69) is 15.6 Å². The quantitative estimate of drug-likeness (QED) is 0.565. The SMILES string of the molecule is CC(=O)Nc1ccc(C2=C(Nc3ccc(C)cc3C)C(=O)N(Cc3ccncc3)C2=O)cc1. The number of hydrogen-bond acceptors (Lipinski definition) is 5. The van der Waals surface area contributed by atoms with Crippen molar-refractivity contribution in [3.63, 3.8) is 0 Å². The Hall–Kier alpha value is -4.26. The second-order valence-electron chi connectivity index (χ2n) is 8.00. The van der Waals surface area contributed by atoms with E-state index in [4.69, 9.17) is 0 Å². The zero-order valence-electron chi connectivity index (χ0n) is 18.7. The molecule has 0 saturated heterocycles. The van der Waals surface area contributed by atoms with Gasteiger partial charge in [-0.05, 0) is 60.9 Å². The molecule has 0 aliphatic carbocycles. The Bertz CT molecular complexity index is 1260. The molecule has 3 aromatic rings. The second-order valence-corrected chi connectivity index (χ2v) is 8.00. The number of benzene rings is 2. The van der Waals surface area contributed by atoms with Crippen LogP contribution in [0.3, 0.4) is 0 Å². The highest BCUT2D eigenvalue weighted by Crippen LogP contribution is 2.33. The van der Waals surface area contributed by atoms with E-state index in [0.717, 1.165) is 22.4 Å². The van der Waals surface area contributed by atoms with E-state index < -0.39 is 5.91 Å². The van der Waals surface area contributed by atoms with E-state index in [9.17, 15) is 14.4 Å². The van der Waals surface area contributed by atoms with Crippen LogP contribution in [0.1, 0.15) is 29.2 Å². The van der Waals surface area contributed by atoms with Crippen molar-refractivity contribution < 1.29 is 14.4 Å². The zero-order chi connectivity index (χ0) is 23.5. The van der Waals surface area contributed by atoms with Crippen LogP contribution < -0.4 is 10.6 Å². The third kappa shape index (κ3) is 4.67. The average Bonchev–Trinajstić information content (AvgIpc) is 3.01. The van der Waals surface area contributed by atoms with Gasteiger partial charge in [0.25, 0.3) is 11.8 Å². The molecule has 0 saturated carbocycles. The van der Waals surface area contributed by atoms with E-state index in [1.165, 1.54) is 11.8 Å². The smallest absolute Gasteiger partial charge is 0.278 e. The zero-order valence-corrected chi connectivity index (χ0v) is 18.7. The Kier molecular flexibility index (Phi) is 6.04. The molecular weight excluding hydrogens is 416 g/mol. The molecule has 1 aliphatic rings. The van der Waals surface area contributed by atoms with Crippen LogP contribution in [-0.2, 0) is 20.9 Å². The summed E-state index contributed by atoms with van der Waals surface area (Å²) in [4.78, 5) is 43.4. The third-order valence-corrected chi connectivity index (χ3v) is 5.39. The third-order valence-electron chi connectivity index (χ3n) is 5.39. The Morgan fingerprint density at radius 1 is 0.939 bits per heavy atom. The molecule has 0 bridgehead atoms. The van der Waals surface area contributed by atoms with Crippen molar-refractivity contribution in [2.24, 2.45) is 0 Å². The number of pyridine rings is 1. The van der Waals surface area contributed by atoms with Crippen molar-refractivity contribution in [3.8, 4) is 0 Å². The van der Waals surface area contributed by atoms with Crippen LogP contribution in [0.25, 0.3) is 5.57 Å². The highest BCUT2D eigenvalue weighted by atomic mass is 16.2. The Morgan fingerprint density at radius 2 is 1.64 bits per heavy atom. The Morgan fingerprint density at radius 3 is 2.27 bits per heavy atom. The van der Waals surface area contributed by atoms with Gasteiger partial charge < -0.3 is 10.6 Å². The lowest BCUT2D eigenvalue weighted by atomic mass is 10.0. The molecule has 7 nitrogen and oxygen atoms in total. The van der Waals surface area contributed by atoms with Crippen molar-refractivity contribution in [3.05, 3.63) is 94.9 Å². The van der Waals surface area contributed by atoms with Crippen LogP contribution in [0.5, 0.6) is 0 Å². The van der Waals surface area contributed by atoms with Crippen molar-refractivity contribution in [2.75, 3.05) is 10.6 Å². The van der Waals surface area contributed by atoms with Gasteiger partial charge >= 0.3 is 0 Å². The molecular formula is C26H24N4O3. The summed E-state index contributed by atoms with van der Waals surface area (Å²) >= 11 is 0. The summed E-state index contributed by atoms with van der Waals surface area (Å²) in [7, 11) is 0. The maximum atomic E-state index is 13.4. The number of aryl methyl sites for hydroxylation is 2. The summed E-state index contributed by atoms with van der Waals surface area (Å²) in [6, 6.07) is 16.3. The first kappa shape index (κ1) is 22.0. The molecule has 0 radical (unpaired) electrons. The highest BCUT2D eigenvalue weighted by molar-refractivity contribution is 6.36. The van der Waals surface area contributed by atoms with Gasteiger partial charge in [0.2, 0.25) is 5.91 Å². The number of anilines is 2. The van der Waals surface area contributed by atoms with Crippen LogP contribution in [0.2, 0.25) is 0 Å². The summed E-state index contributed by atoms with van der Waals surface area (Å²) in [5, 5.41) is 5.92. The monoisotopic (exact) mass is 440 g/mol. The Labute approximate surface area is 192 Å². The summed E-state index contributed by atoms with van der Waals surface area (Å²) < 4.78 is 0. The predicted octanol–water partition coefficient (Wildman–Crippen LogP) is 4.05. The molecule has 0 spiro atoms. The lowest BCUT2D eigenvalue weighted by Crippen LogP contribution is -2.32. The topological polar surface area (TPSA) is 91.4 Å². The van der Waals surface area contributed by atoms with E-state index >= 15 is 0 Å². The average molecular weight is 441 g/mol. The molecule has 166 valence electrons. The fourth-order valence-corrected chi connectivity index (χ4v) is 3.79. The van der Waals surface area contributed by atoms with Gasteiger partial charge in [0.05, 0.1) is 12.1 Å². The van der Waals surface area contributed by atoms with Crippen LogP contribution >= 0.6 is 0 Å². The number of hydrogen-bond donors (Lipinski definition) is 2. The van der Waals surface area contributed by atoms with Gasteiger partial charge in [-0.3, -0.25) is 24.3 Å². The van der Waals surface area contributed by atoms with Crippen molar-refractivity contribution >= 4 is 34.7 Å². The fourth-order valence-electron chi connectivity index (χ4n) is 3.79. The van der Waals surface area contributed by atoms with Gasteiger partial charge in [0.1, 0.15) is 5.70 Å². The van der Waals surface area contributed by atoms with Crippen molar-refractivity contribution in [2.45, 2.75) is 27.3 Å². The summed E-state index contributed by atoms with van der Waals surface area (Å²) in [6.07, 6.45) is 3.26. The van der Waals surface area contributed by atoms with Gasteiger partial charge in [-0.15, -0.1) is 0 Å². The molecule has 4 rings (SSSR count). The normalized spacial score (nSPS) is 13.5. The van der Waals surface area contributed by atoms with E-state index in [1.54, 1.807) is 48.8 Å². The first-order valence-electron chi connectivity index (χ1n) is 10.5. The van der Waals surface area contributed by atoms with Crippen LogP contribution in [0.4, 0.5) is 11.4 Å². The maximum Gasteiger partial charge on any atom is 0.278 e. The van der Waals surface area contributed by atoms with E-state index in [1.807, 2.05) is 32.0 Å². The first-order chi connectivity index (χ1) is 15.8. The highest BCUT2D eigenvalue weighted by Gasteiger charge is 2.39. The minimum atomic E-state index is -0.391. The molecule has 33 heavy (non-hydrogen) atoms. The first-order valence-corrected chi connectivity index (χ1v) is 10.5. The minimum absolute atomic E-state index is 0.145. The number of carbonyl (C=O) groups excluding carboxylic acids is 3. The molecule has 2 N–H and O–H groups in total. The number of carbonyl (C=O) groups is 3. The van der Waals surface area contributed by atoms with Gasteiger partial charge in [-0.25, -0.2) is 0 Å². The summed E-state index contributed by atoms with van der Waals surface area (Å²) in [5.74, 6) is -0.955. The van der Waals surface area contributed by atoms with Crippen LogP contribution in [0, 0.1) is 13.8 Å². The molecule has 0 fully saturated rings. The lowest BCUT2D eigenvalue weighted by Gasteiger charge is -2.16. The molecule has 0 atom stereocenters. The minimum Gasteiger partial charge on any atom is -0.350 e. The van der Waals surface area contributed by atoms with E-state index in [-0.39, 0.29) is 24.1 Å². The fraction of sp³-hybridized carbons (Fsp3) is 0.154. The van der Waals surface area contributed by atoms with Crippen molar-refractivity contribution in [1.29, 1.82) is 0 Å². The molecule has 0 unspecified atom stereocenters. The molecule has 7 heteroatoms. The van der Waals surface area contributed by atoms with E-state index in [0.29, 0.717) is 16.8 Å². The molecule has 2 aromatic carbocycles. The standard InChI is InChI=1S/C26H24N4O3/c1-16-4-9-22(17(2)14-16)29-24-23(20-5-7-21(8-6-20)28-18(3)31)25(32)30(26(24)33)15-19-10-12-27-13-11-19/h4-14,29H,15H2,1-3H3,(H,28,31). The molecule has 1 aliphatic heterocycles.